The molecule has 1 atom stereocenters. The molecular weight excluding hydrogens is 218 g/mol. The number of hydrogen-bond acceptors (Lipinski definition) is 4. The van der Waals surface area contributed by atoms with Gasteiger partial charge in [0.1, 0.15) is 5.03 Å². The van der Waals surface area contributed by atoms with Gasteiger partial charge in [-0.1, -0.05) is 0 Å². The molecule has 0 aliphatic carbocycles. The fourth-order valence-electron chi connectivity index (χ4n) is 1.48. The normalized spacial score (nSPS) is 21.4. The molecule has 1 aromatic heterocycles. The molecule has 1 aromatic rings. The Balaban J connectivity index is 1.85. The van der Waals surface area contributed by atoms with E-state index in [-0.39, 0.29) is 0 Å². The van der Waals surface area contributed by atoms with Crippen molar-refractivity contribution in [3.8, 4) is 0 Å². The van der Waals surface area contributed by atoms with Crippen LogP contribution in [0.1, 0.15) is 12.8 Å². The van der Waals surface area contributed by atoms with E-state index in [0.29, 0.717) is 11.3 Å². The summed E-state index contributed by atoms with van der Waals surface area (Å²) in [4.78, 5) is 7.97. The Hall–Kier alpha value is -0.320. The van der Waals surface area contributed by atoms with Crippen molar-refractivity contribution in [2.75, 3.05) is 12.3 Å². The van der Waals surface area contributed by atoms with Gasteiger partial charge in [0.05, 0.1) is 0 Å². The molecule has 0 unspecified atom stereocenters. The minimum Gasteiger partial charge on any atom is -0.313 e. The summed E-state index contributed by atoms with van der Waals surface area (Å²) in [5.74, 6) is 1.06. The summed E-state index contributed by atoms with van der Waals surface area (Å²) in [5.41, 5.74) is 0. The topological polar surface area (TPSA) is 37.8 Å². The van der Waals surface area contributed by atoms with Gasteiger partial charge < -0.3 is 5.32 Å². The standard InChI is InChI=1S/C9H12ClN3S/c10-9-12-5-3-8(13-9)14-6-7-2-1-4-11-7/h3,5,7,11H,1-2,4,6H2/t7-/m1/s1. The van der Waals surface area contributed by atoms with E-state index in [9.17, 15) is 0 Å². The molecule has 3 nitrogen and oxygen atoms in total. The van der Waals surface area contributed by atoms with Gasteiger partial charge in [0.2, 0.25) is 5.28 Å². The molecular formula is C9H12ClN3S. The van der Waals surface area contributed by atoms with Gasteiger partial charge in [-0.05, 0) is 37.1 Å². The number of rotatable bonds is 3. The highest BCUT2D eigenvalue weighted by molar-refractivity contribution is 7.99. The Morgan fingerprint density at radius 2 is 2.57 bits per heavy atom. The first kappa shape index (κ1) is 10.2. The van der Waals surface area contributed by atoms with Crippen molar-refractivity contribution in [3.63, 3.8) is 0 Å². The lowest BCUT2D eigenvalue weighted by Crippen LogP contribution is -2.23. The third-order valence-corrected chi connectivity index (χ3v) is 3.47. The first-order valence-corrected chi connectivity index (χ1v) is 6.06. The van der Waals surface area contributed by atoms with E-state index < -0.39 is 0 Å². The number of thioether (sulfide) groups is 1. The highest BCUT2D eigenvalue weighted by atomic mass is 35.5. The molecule has 0 aromatic carbocycles. The molecule has 1 N–H and O–H groups in total. The quantitative estimate of drug-likeness (QED) is 0.489. The van der Waals surface area contributed by atoms with Gasteiger partial charge >= 0.3 is 0 Å². The summed E-state index contributed by atoms with van der Waals surface area (Å²) < 4.78 is 0. The summed E-state index contributed by atoms with van der Waals surface area (Å²) in [7, 11) is 0. The molecule has 2 heterocycles. The zero-order valence-electron chi connectivity index (χ0n) is 7.74. The van der Waals surface area contributed by atoms with Crippen LogP contribution in [-0.2, 0) is 0 Å². The Bertz CT molecular complexity index is 302. The van der Waals surface area contributed by atoms with Crippen LogP contribution < -0.4 is 5.32 Å². The molecule has 5 heteroatoms. The largest absolute Gasteiger partial charge is 0.313 e. The molecule has 1 aliphatic rings. The number of nitrogens with zero attached hydrogens (tertiary/aromatic N) is 2. The predicted octanol–water partition coefficient (Wildman–Crippen LogP) is 1.97. The maximum atomic E-state index is 5.69. The van der Waals surface area contributed by atoms with Crippen LogP contribution in [0.5, 0.6) is 0 Å². The molecule has 0 saturated carbocycles. The van der Waals surface area contributed by atoms with Crippen molar-refractivity contribution in [1.29, 1.82) is 0 Å². The summed E-state index contributed by atoms with van der Waals surface area (Å²) in [6.07, 6.45) is 4.25. The lowest BCUT2D eigenvalue weighted by molar-refractivity contribution is 0.673. The number of nitrogens with one attached hydrogen (secondary N) is 1. The number of hydrogen-bond donors (Lipinski definition) is 1. The highest BCUT2D eigenvalue weighted by Crippen LogP contribution is 2.19. The van der Waals surface area contributed by atoms with Crippen LogP contribution in [0.4, 0.5) is 0 Å². The van der Waals surface area contributed by atoms with Gasteiger partial charge in [-0.2, -0.15) is 0 Å². The van der Waals surface area contributed by atoms with E-state index in [0.717, 1.165) is 17.3 Å². The van der Waals surface area contributed by atoms with Gasteiger partial charge in [-0.15, -0.1) is 11.8 Å². The fraction of sp³-hybridized carbons (Fsp3) is 0.556. The summed E-state index contributed by atoms with van der Waals surface area (Å²) in [5, 5.41) is 4.73. The Kier molecular flexibility index (Phi) is 3.61. The molecule has 1 saturated heterocycles. The van der Waals surface area contributed by atoms with E-state index in [2.05, 4.69) is 15.3 Å². The molecule has 1 aliphatic heterocycles. The van der Waals surface area contributed by atoms with Crippen LogP contribution in [0.15, 0.2) is 17.3 Å². The summed E-state index contributed by atoms with van der Waals surface area (Å²) >= 11 is 7.42. The SMILES string of the molecule is Clc1nccc(SC[C@H]2CCCN2)n1. The molecule has 0 spiro atoms. The number of halogens is 1. The van der Waals surface area contributed by atoms with E-state index >= 15 is 0 Å². The summed E-state index contributed by atoms with van der Waals surface area (Å²) in [6, 6.07) is 2.53. The Morgan fingerprint density at radius 3 is 3.29 bits per heavy atom. The zero-order chi connectivity index (χ0) is 9.80. The zero-order valence-corrected chi connectivity index (χ0v) is 9.31. The van der Waals surface area contributed by atoms with Gasteiger partial charge in [-0.3, -0.25) is 0 Å². The lowest BCUT2D eigenvalue weighted by atomic mass is 10.3. The van der Waals surface area contributed by atoms with E-state index in [4.69, 9.17) is 11.6 Å². The first-order chi connectivity index (χ1) is 6.84. The van der Waals surface area contributed by atoms with Crippen molar-refractivity contribution < 1.29 is 0 Å². The van der Waals surface area contributed by atoms with Crippen LogP contribution in [0.3, 0.4) is 0 Å². The smallest absolute Gasteiger partial charge is 0.223 e. The van der Waals surface area contributed by atoms with Crippen molar-refractivity contribution in [2.45, 2.75) is 23.9 Å². The predicted molar refractivity (Wildman–Crippen MR) is 58.8 cm³/mol. The van der Waals surface area contributed by atoms with Crippen molar-refractivity contribution in [2.24, 2.45) is 0 Å². The molecule has 0 bridgehead atoms. The average molecular weight is 230 g/mol. The minimum atomic E-state index is 0.328. The average Bonchev–Trinajstić information content (AvgIpc) is 2.67. The van der Waals surface area contributed by atoms with Crippen molar-refractivity contribution in [1.82, 2.24) is 15.3 Å². The molecule has 0 amide bonds. The minimum absolute atomic E-state index is 0.328. The summed E-state index contributed by atoms with van der Waals surface area (Å²) in [6.45, 7) is 1.15. The first-order valence-electron chi connectivity index (χ1n) is 4.69. The fourth-order valence-corrected chi connectivity index (χ4v) is 2.65. The highest BCUT2D eigenvalue weighted by Gasteiger charge is 2.14. The van der Waals surface area contributed by atoms with Gasteiger partial charge in [-0.25, -0.2) is 9.97 Å². The Morgan fingerprint density at radius 1 is 1.64 bits per heavy atom. The third-order valence-electron chi connectivity index (χ3n) is 2.20. The monoisotopic (exact) mass is 229 g/mol. The van der Waals surface area contributed by atoms with Crippen molar-refractivity contribution in [3.05, 3.63) is 17.5 Å². The van der Waals surface area contributed by atoms with Gasteiger partial charge in [0, 0.05) is 18.0 Å². The third kappa shape index (κ3) is 2.83. The second kappa shape index (κ2) is 4.96. The second-order valence-electron chi connectivity index (χ2n) is 3.27. The van der Waals surface area contributed by atoms with E-state index in [1.807, 2.05) is 6.07 Å². The van der Waals surface area contributed by atoms with Crippen LogP contribution in [0, 0.1) is 0 Å². The van der Waals surface area contributed by atoms with Crippen molar-refractivity contribution >= 4 is 23.4 Å². The van der Waals surface area contributed by atoms with Crippen LogP contribution in [-0.4, -0.2) is 28.3 Å². The van der Waals surface area contributed by atoms with E-state index in [1.54, 1.807) is 18.0 Å². The maximum Gasteiger partial charge on any atom is 0.223 e. The second-order valence-corrected chi connectivity index (χ2v) is 4.65. The van der Waals surface area contributed by atoms with Crippen LogP contribution in [0.25, 0.3) is 0 Å². The lowest BCUT2D eigenvalue weighted by Gasteiger charge is -2.08. The van der Waals surface area contributed by atoms with Gasteiger partial charge in [0.25, 0.3) is 0 Å². The molecule has 0 radical (unpaired) electrons. The molecule has 76 valence electrons. The molecule has 1 fully saturated rings. The molecule has 2 rings (SSSR count). The maximum absolute atomic E-state index is 5.69. The van der Waals surface area contributed by atoms with E-state index in [1.165, 1.54) is 12.8 Å². The van der Waals surface area contributed by atoms with Gasteiger partial charge in [0.15, 0.2) is 0 Å². The Labute approximate surface area is 92.7 Å². The molecule has 14 heavy (non-hydrogen) atoms. The van der Waals surface area contributed by atoms with Crippen LogP contribution in [0.2, 0.25) is 5.28 Å². The number of aromatic nitrogens is 2. The van der Waals surface area contributed by atoms with Crippen LogP contribution >= 0.6 is 23.4 Å².